The van der Waals surface area contributed by atoms with E-state index in [0.717, 1.165) is 16.8 Å². The highest BCUT2D eigenvalue weighted by Crippen LogP contribution is 2.38. The minimum atomic E-state index is 0.986. The van der Waals surface area contributed by atoms with E-state index in [1.54, 1.807) is 0 Å². The van der Waals surface area contributed by atoms with Crippen LogP contribution in [0.3, 0.4) is 0 Å². The average molecular weight is 457 g/mol. The van der Waals surface area contributed by atoms with Crippen LogP contribution >= 0.6 is 0 Å². The fourth-order valence-electron chi connectivity index (χ4n) is 5.88. The topological polar surface area (TPSA) is 25.8 Å². The normalized spacial score (nSPS) is 11.9. The van der Waals surface area contributed by atoms with E-state index in [2.05, 4.69) is 114 Å². The van der Waals surface area contributed by atoms with Crippen LogP contribution in [0.15, 0.2) is 122 Å². The van der Waals surface area contributed by atoms with Gasteiger partial charge in [-0.2, -0.15) is 0 Å². The standard InChI is InChI=1S/C34H20N2/c1-3-10-25-22(7-1)24-9-5-6-12-29(24)34-30(25)15-16-33(36-34)21-13-14-27-31(19-21)26-11-4-2-8-23(26)28-17-18-35-20-32(27)28/h1-20H. The molecule has 0 unspecified atom stereocenters. The lowest BCUT2D eigenvalue weighted by molar-refractivity contribution is 1.37. The summed E-state index contributed by atoms with van der Waals surface area (Å²) in [7, 11) is 0. The summed E-state index contributed by atoms with van der Waals surface area (Å²) >= 11 is 0. The van der Waals surface area contributed by atoms with Crippen molar-refractivity contribution in [2.75, 3.05) is 0 Å². The van der Waals surface area contributed by atoms with Crippen LogP contribution in [0.5, 0.6) is 0 Å². The summed E-state index contributed by atoms with van der Waals surface area (Å²) in [6.45, 7) is 0. The molecule has 0 N–H and O–H groups in total. The summed E-state index contributed by atoms with van der Waals surface area (Å²) in [5.74, 6) is 0. The number of hydrogen-bond acceptors (Lipinski definition) is 2. The molecule has 0 fully saturated rings. The molecule has 0 aliphatic carbocycles. The van der Waals surface area contributed by atoms with E-state index in [4.69, 9.17) is 4.98 Å². The molecule has 166 valence electrons. The van der Waals surface area contributed by atoms with Gasteiger partial charge in [-0.3, -0.25) is 4.98 Å². The Morgan fingerprint density at radius 1 is 0.389 bits per heavy atom. The van der Waals surface area contributed by atoms with Gasteiger partial charge in [0.15, 0.2) is 0 Å². The van der Waals surface area contributed by atoms with Crippen LogP contribution in [0.2, 0.25) is 0 Å². The van der Waals surface area contributed by atoms with E-state index < -0.39 is 0 Å². The highest BCUT2D eigenvalue weighted by molar-refractivity contribution is 6.26. The van der Waals surface area contributed by atoms with Gasteiger partial charge in [-0.1, -0.05) is 84.9 Å². The molecule has 0 aliphatic rings. The second-order valence-corrected chi connectivity index (χ2v) is 9.41. The minimum absolute atomic E-state index is 0.986. The van der Waals surface area contributed by atoms with Crippen LogP contribution in [-0.4, -0.2) is 9.97 Å². The average Bonchev–Trinajstić information content (AvgIpc) is 2.97. The van der Waals surface area contributed by atoms with Crippen molar-refractivity contribution < 1.29 is 0 Å². The zero-order valence-corrected chi connectivity index (χ0v) is 19.4. The molecule has 2 nitrogen and oxygen atoms in total. The third kappa shape index (κ3) is 2.67. The molecule has 0 saturated heterocycles. The highest BCUT2D eigenvalue weighted by atomic mass is 14.7. The lowest BCUT2D eigenvalue weighted by Gasteiger charge is -2.13. The number of rotatable bonds is 1. The molecule has 8 aromatic rings. The van der Waals surface area contributed by atoms with Crippen LogP contribution < -0.4 is 0 Å². The Balaban J connectivity index is 1.45. The minimum Gasteiger partial charge on any atom is -0.264 e. The first-order valence-corrected chi connectivity index (χ1v) is 12.3. The Morgan fingerprint density at radius 3 is 1.58 bits per heavy atom. The number of hydrogen-bond donors (Lipinski definition) is 0. The highest BCUT2D eigenvalue weighted by Gasteiger charge is 2.13. The predicted molar refractivity (Wildman–Crippen MR) is 153 cm³/mol. The zero-order chi connectivity index (χ0) is 23.6. The summed E-state index contributed by atoms with van der Waals surface area (Å²) in [5.41, 5.74) is 3.16. The van der Waals surface area contributed by atoms with E-state index in [1.165, 1.54) is 59.2 Å². The number of nitrogens with zero attached hydrogens (tertiary/aromatic N) is 2. The molecule has 2 heterocycles. The maximum atomic E-state index is 5.26. The number of fused-ring (bicyclic) bond motifs is 12. The largest absolute Gasteiger partial charge is 0.264 e. The van der Waals surface area contributed by atoms with Gasteiger partial charge >= 0.3 is 0 Å². The van der Waals surface area contributed by atoms with Crippen molar-refractivity contribution in [1.82, 2.24) is 9.97 Å². The molecule has 0 radical (unpaired) electrons. The quantitative estimate of drug-likeness (QED) is 0.230. The lowest BCUT2D eigenvalue weighted by Crippen LogP contribution is -1.90. The van der Waals surface area contributed by atoms with E-state index >= 15 is 0 Å². The van der Waals surface area contributed by atoms with E-state index in [9.17, 15) is 0 Å². The van der Waals surface area contributed by atoms with Crippen molar-refractivity contribution in [3.05, 3.63) is 122 Å². The van der Waals surface area contributed by atoms with Crippen LogP contribution in [0, 0.1) is 0 Å². The summed E-state index contributed by atoms with van der Waals surface area (Å²) in [4.78, 5) is 9.69. The molecule has 2 heteroatoms. The Bertz CT molecular complexity index is 1930. The summed E-state index contributed by atoms with van der Waals surface area (Å²) in [5, 5.41) is 13.5. The van der Waals surface area contributed by atoms with Crippen LogP contribution in [0.25, 0.3) is 76.0 Å². The van der Waals surface area contributed by atoms with Gasteiger partial charge in [0.05, 0.1) is 11.2 Å². The van der Waals surface area contributed by atoms with Gasteiger partial charge in [-0.25, -0.2) is 4.98 Å². The van der Waals surface area contributed by atoms with E-state index in [-0.39, 0.29) is 0 Å². The van der Waals surface area contributed by atoms with Crippen molar-refractivity contribution in [3.8, 4) is 11.3 Å². The molecule has 0 saturated carbocycles. The second kappa shape index (κ2) is 7.34. The first-order valence-electron chi connectivity index (χ1n) is 12.3. The fourth-order valence-corrected chi connectivity index (χ4v) is 5.88. The number of pyridine rings is 2. The van der Waals surface area contributed by atoms with Gasteiger partial charge in [-0.15, -0.1) is 0 Å². The number of aromatic nitrogens is 2. The summed E-state index contributed by atoms with van der Waals surface area (Å²) in [6.07, 6.45) is 3.86. The molecule has 2 aromatic heterocycles. The maximum Gasteiger partial charge on any atom is 0.0794 e. The molecule has 36 heavy (non-hydrogen) atoms. The predicted octanol–water partition coefficient (Wildman–Crippen LogP) is 9.06. The van der Waals surface area contributed by atoms with Gasteiger partial charge < -0.3 is 0 Å². The monoisotopic (exact) mass is 456 g/mol. The van der Waals surface area contributed by atoms with E-state index in [0.29, 0.717) is 0 Å². The van der Waals surface area contributed by atoms with Gasteiger partial charge in [-0.05, 0) is 67.4 Å². The molecular weight excluding hydrogens is 436 g/mol. The maximum absolute atomic E-state index is 5.26. The first-order chi connectivity index (χ1) is 17.9. The molecule has 0 amide bonds. The molecule has 0 atom stereocenters. The smallest absolute Gasteiger partial charge is 0.0794 e. The Hall–Kier alpha value is -4.82. The van der Waals surface area contributed by atoms with E-state index in [1.807, 2.05) is 12.4 Å². The first kappa shape index (κ1) is 19.5. The zero-order valence-electron chi connectivity index (χ0n) is 19.4. The number of benzene rings is 6. The van der Waals surface area contributed by atoms with Crippen molar-refractivity contribution >= 4 is 64.8 Å². The Kier molecular flexibility index (Phi) is 3.97. The SMILES string of the molecule is c1ccc2c(c1)c1ccncc1c1ccc(-c3ccc4c5ccccc5c5ccccc5c4n3)cc21. The third-order valence-electron chi connectivity index (χ3n) is 7.52. The van der Waals surface area contributed by atoms with Gasteiger partial charge in [0.1, 0.15) is 0 Å². The lowest BCUT2D eigenvalue weighted by atomic mass is 9.93. The van der Waals surface area contributed by atoms with Crippen molar-refractivity contribution in [2.45, 2.75) is 0 Å². The second-order valence-electron chi connectivity index (χ2n) is 9.41. The van der Waals surface area contributed by atoms with Crippen molar-refractivity contribution in [1.29, 1.82) is 0 Å². The van der Waals surface area contributed by atoms with Crippen LogP contribution in [0.4, 0.5) is 0 Å². The van der Waals surface area contributed by atoms with Crippen molar-refractivity contribution in [2.24, 2.45) is 0 Å². The fraction of sp³-hybridized carbons (Fsp3) is 0. The van der Waals surface area contributed by atoms with Gasteiger partial charge in [0.25, 0.3) is 0 Å². The van der Waals surface area contributed by atoms with Crippen LogP contribution in [-0.2, 0) is 0 Å². The third-order valence-corrected chi connectivity index (χ3v) is 7.52. The summed E-state index contributed by atoms with van der Waals surface area (Å²) in [6, 6.07) is 39.1. The Morgan fingerprint density at radius 2 is 0.889 bits per heavy atom. The van der Waals surface area contributed by atoms with Crippen LogP contribution in [0.1, 0.15) is 0 Å². The van der Waals surface area contributed by atoms with Gasteiger partial charge in [0, 0.05) is 34.1 Å². The molecule has 0 spiro atoms. The molecule has 8 rings (SSSR count). The summed E-state index contributed by atoms with van der Waals surface area (Å²) < 4.78 is 0. The van der Waals surface area contributed by atoms with Crippen molar-refractivity contribution in [3.63, 3.8) is 0 Å². The molecule has 0 bridgehead atoms. The van der Waals surface area contributed by atoms with Gasteiger partial charge in [0.2, 0.25) is 0 Å². The molecule has 6 aromatic carbocycles. The molecule has 0 aliphatic heterocycles. The molecular formula is C34H20N2. The Labute approximate surface area is 207 Å².